The molecule has 0 bridgehead atoms. The highest BCUT2D eigenvalue weighted by molar-refractivity contribution is 5.76. The molecule has 0 aliphatic carbocycles. The van der Waals surface area contributed by atoms with Gasteiger partial charge in [0, 0.05) is 6.54 Å². The second-order valence-corrected chi connectivity index (χ2v) is 2.83. The summed E-state index contributed by atoms with van der Waals surface area (Å²) < 4.78 is 1.77. The molecule has 13 heavy (non-hydrogen) atoms. The lowest BCUT2D eigenvalue weighted by Gasteiger charge is -1.95. The van der Waals surface area contributed by atoms with E-state index in [1.54, 1.807) is 4.68 Å². The average molecular weight is 178 g/mol. The Morgan fingerprint density at radius 1 is 1.62 bits per heavy atom. The number of fused-ring (bicyclic) bond motifs is 1. The number of aromatic amines is 1. The minimum Gasteiger partial charge on any atom is -0.312 e. The van der Waals surface area contributed by atoms with Gasteiger partial charge in [-0.05, 0) is 13.8 Å². The Balaban J connectivity index is 2.93. The van der Waals surface area contributed by atoms with Crippen molar-refractivity contribution in [3.63, 3.8) is 0 Å². The van der Waals surface area contributed by atoms with Gasteiger partial charge in [0.2, 0.25) is 0 Å². The maximum Gasteiger partial charge on any atom is 0.262 e. The molecule has 0 amide bonds. The summed E-state index contributed by atoms with van der Waals surface area (Å²) in [7, 11) is 0. The predicted molar refractivity (Wildman–Crippen MR) is 48.6 cm³/mol. The first kappa shape index (κ1) is 7.97. The van der Waals surface area contributed by atoms with Crippen molar-refractivity contribution in [2.75, 3.05) is 0 Å². The molecule has 2 heterocycles. The highest BCUT2D eigenvalue weighted by Crippen LogP contribution is 2.09. The third-order valence-electron chi connectivity index (χ3n) is 2.10. The molecule has 0 unspecified atom stereocenters. The third-order valence-corrected chi connectivity index (χ3v) is 2.10. The SMILES string of the molecule is CCn1nc2nc[nH]c(=O)c2c1C. The summed E-state index contributed by atoms with van der Waals surface area (Å²) in [6.45, 7) is 4.60. The number of hydrogen-bond donors (Lipinski definition) is 1. The quantitative estimate of drug-likeness (QED) is 0.689. The van der Waals surface area contributed by atoms with Crippen LogP contribution in [0.4, 0.5) is 0 Å². The van der Waals surface area contributed by atoms with Crippen molar-refractivity contribution in [1.29, 1.82) is 0 Å². The Labute approximate surface area is 74.4 Å². The lowest BCUT2D eigenvalue weighted by molar-refractivity contribution is 0.645. The molecule has 0 saturated heterocycles. The summed E-state index contributed by atoms with van der Waals surface area (Å²) in [4.78, 5) is 17.9. The molecule has 0 aliphatic rings. The number of aromatic nitrogens is 4. The van der Waals surface area contributed by atoms with Crippen LogP contribution in [0.2, 0.25) is 0 Å². The molecule has 0 radical (unpaired) electrons. The summed E-state index contributed by atoms with van der Waals surface area (Å²) in [6.07, 6.45) is 1.37. The molecule has 0 spiro atoms. The third kappa shape index (κ3) is 1.04. The molecule has 5 nitrogen and oxygen atoms in total. The van der Waals surface area contributed by atoms with Crippen LogP contribution < -0.4 is 5.56 Å². The Bertz CT molecular complexity index is 496. The van der Waals surface area contributed by atoms with Gasteiger partial charge in [0.15, 0.2) is 5.65 Å². The second kappa shape index (κ2) is 2.69. The van der Waals surface area contributed by atoms with Crippen molar-refractivity contribution >= 4 is 11.0 Å². The van der Waals surface area contributed by atoms with E-state index in [1.165, 1.54) is 6.33 Å². The largest absolute Gasteiger partial charge is 0.312 e. The van der Waals surface area contributed by atoms with E-state index in [2.05, 4.69) is 15.1 Å². The smallest absolute Gasteiger partial charge is 0.262 e. The second-order valence-electron chi connectivity index (χ2n) is 2.83. The summed E-state index contributed by atoms with van der Waals surface area (Å²) in [5.41, 5.74) is 1.26. The van der Waals surface area contributed by atoms with Crippen molar-refractivity contribution in [2.45, 2.75) is 20.4 Å². The zero-order chi connectivity index (χ0) is 9.42. The van der Waals surface area contributed by atoms with Crippen molar-refractivity contribution in [3.05, 3.63) is 22.4 Å². The first-order chi connectivity index (χ1) is 6.24. The van der Waals surface area contributed by atoms with E-state index >= 15 is 0 Å². The van der Waals surface area contributed by atoms with Crippen LogP contribution in [-0.2, 0) is 6.54 Å². The van der Waals surface area contributed by atoms with Gasteiger partial charge in [-0.2, -0.15) is 5.10 Å². The summed E-state index contributed by atoms with van der Waals surface area (Å²) in [6, 6.07) is 0. The van der Waals surface area contributed by atoms with E-state index in [0.717, 1.165) is 12.2 Å². The molecule has 2 aromatic rings. The van der Waals surface area contributed by atoms with Gasteiger partial charge in [-0.1, -0.05) is 0 Å². The Morgan fingerprint density at radius 3 is 3.00 bits per heavy atom. The van der Waals surface area contributed by atoms with Gasteiger partial charge in [0.25, 0.3) is 5.56 Å². The molecular formula is C8H10N4O. The van der Waals surface area contributed by atoms with Crippen LogP contribution in [0.25, 0.3) is 11.0 Å². The highest BCUT2D eigenvalue weighted by Gasteiger charge is 2.09. The van der Waals surface area contributed by atoms with Crippen LogP contribution >= 0.6 is 0 Å². The van der Waals surface area contributed by atoms with Gasteiger partial charge in [0.05, 0.1) is 12.0 Å². The first-order valence-electron chi connectivity index (χ1n) is 4.15. The molecule has 2 aromatic heterocycles. The van der Waals surface area contributed by atoms with Gasteiger partial charge in [-0.15, -0.1) is 0 Å². The molecule has 0 aromatic carbocycles. The van der Waals surface area contributed by atoms with E-state index in [1.807, 2.05) is 13.8 Å². The van der Waals surface area contributed by atoms with Crippen LogP contribution in [0, 0.1) is 6.92 Å². The minimum atomic E-state index is -0.123. The number of aryl methyl sites for hydroxylation is 2. The fourth-order valence-corrected chi connectivity index (χ4v) is 1.42. The van der Waals surface area contributed by atoms with Crippen LogP contribution in [0.1, 0.15) is 12.6 Å². The van der Waals surface area contributed by atoms with Crippen molar-refractivity contribution in [1.82, 2.24) is 19.7 Å². The Hall–Kier alpha value is -1.65. The number of hydrogen-bond acceptors (Lipinski definition) is 3. The summed E-state index contributed by atoms with van der Waals surface area (Å²) in [5.74, 6) is 0. The van der Waals surface area contributed by atoms with Crippen LogP contribution in [-0.4, -0.2) is 19.7 Å². The van der Waals surface area contributed by atoms with Gasteiger partial charge in [-0.3, -0.25) is 9.48 Å². The number of nitrogens with one attached hydrogen (secondary N) is 1. The van der Waals surface area contributed by atoms with Crippen molar-refractivity contribution in [2.24, 2.45) is 0 Å². The molecule has 0 atom stereocenters. The molecular weight excluding hydrogens is 168 g/mol. The highest BCUT2D eigenvalue weighted by atomic mass is 16.1. The van der Waals surface area contributed by atoms with Gasteiger partial charge in [0.1, 0.15) is 5.39 Å². The van der Waals surface area contributed by atoms with E-state index in [0.29, 0.717) is 11.0 Å². The van der Waals surface area contributed by atoms with Crippen molar-refractivity contribution in [3.8, 4) is 0 Å². The average Bonchev–Trinajstić information content (AvgIpc) is 2.44. The maximum absolute atomic E-state index is 11.4. The Kier molecular flexibility index (Phi) is 1.65. The maximum atomic E-state index is 11.4. The molecule has 0 saturated carbocycles. The molecule has 0 fully saturated rings. The molecule has 5 heteroatoms. The van der Waals surface area contributed by atoms with Crippen LogP contribution in [0.5, 0.6) is 0 Å². The van der Waals surface area contributed by atoms with E-state index in [-0.39, 0.29) is 5.56 Å². The van der Waals surface area contributed by atoms with E-state index in [4.69, 9.17) is 0 Å². The Morgan fingerprint density at radius 2 is 2.38 bits per heavy atom. The topological polar surface area (TPSA) is 63.6 Å². The summed E-state index contributed by atoms with van der Waals surface area (Å²) >= 11 is 0. The number of H-pyrrole nitrogens is 1. The van der Waals surface area contributed by atoms with Gasteiger partial charge >= 0.3 is 0 Å². The normalized spacial score (nSPS) is 10.9. The molecule has 68 valence electrons. The lowest BCUT2D eigenvalue weighted by Crippen LogP contribution is -2.06. The van der Waals surface area contributed by atoms with E-state index in [9.17, 15) is 4.79 Å². The van der Waals surface area contributed by atoms with Gasteiger partial charge < -0.3 is 4.98 Å². The standard InChI is InChI=1S/C8H10N4O/c1-3-12-5(2)6-7(11-12)9-4-10-8(6)13/h4H,3H2,1-2H3,(H,9,10,11,13). The van der Waals surface area contributed by atoms with Crippen molar-refractivity contribution < 1.29 is 0 Å². The zero-order valence-electron chi connectivity index (χ0n) is 7.53. The summed E-state index contributed by atoms with van der Waals surface area (Å²) in [5, 5.41) is 4.76. The van der Waals surface area contributed by atoms with Crippen LogP contribution in [0.3, 0.4) is 0 Å². The van der Waals surface area contributed by atoms with Gasteiger partial charge in [-0.25, -0.2) is 4.98 Å². The molecule has 0 aliphatic heterocycles. The van der Waals surface area contributed by atoms with Crippen LogP contribution in [0.15, 0.2) is 11.1 Å². The zero-order valence-corrected chi connectivity index (χ0v) is 7.53. The number of rotatable bonds is 1. The number of nitrogens with zero attached hydrogens (tertiary/aromatic N) is 3. The minimum absolute atomic E-state index is 0.123. The van der Waals surface area contributed by atoms with E-state index < -0.39 is 0 Å². The molecule has 2 rings (SSSR count). The fourth-order valence-electron chi connectivity index (χ4n) is 1.42. The lowest BCUT2D eigenvalue weighted by atomic mass is 10.3. The predicted octanol–water partition coefficient (Wildman–Crippen LogP) is 0.448. The molecule has 1 N–H and O–H groups in total. The first-order valence-corrected chi connectivity index (χ1v) is 4.15. The monoisotopic (exact) mass is 178 g/mol. The fraction of sp³-hybridized carbons (Fsp3) is 0.375.